The Hall–Kier alpha value is -1.70. The monoisotopic (exact) mass is 354 g/mol. The second kappa shape index (κ2) is 8.79. The molecule has 142 valence electrons. The fourth-order valence-electron chi connectivity index (χ4n) is 3.73. The van der Waals surface area contributed by atoms with E-state index in [1.807, 2.05) is 0 Å². The van der Waals surface area contributed by atoms with Gasteiger partial charge in [0.1, 0.15) is 11.5 Å². The van der Waals surface area contributed by atoms with Crippen molar-refractivity contribution in [2.24, 2.45) is 11.8 Å². The van der Waals surface area contributed by atoms with Crippen LogP contribution in [0.5, 0.6) is 11.5 Å². The van der Waals surface area contributed by atoms with E-state index in [0.717, 1.165) is 50.4 Å². The maximum absolute atomic E-state index is 6.37. The highest BCUT2D eigenvalue weighted by molar-refractivity contribution is 5.96. The third-order valence-electron chi connectivity index (χ3n) is 5.32. The van der Waals surface area contributed by atoms with E-state index in [1.165, 1.54) is 34.7 Å². The molecule has 0 radical (unpaired) electrons. The lowest BCUT2D eigenvalue weighted by molar-refractivity contribution is 0.280. The molecule has 0 spiro atoms. The molecule has 2 heteroatoms. The van der Waals surface area contributed by atoms with E-state index in [1.54, 1.807) is 0 Å². The van der Waals surface area contributed by atoms with Gasteiger partial charge in [-0.25, -0.2) is 0 Å². The average Bonchev–Trinajstić information content (AvgIpc) is 2.62. The van der Waals surface area contributed by atoms with Crippen LogP contribution in [0, 0.1) is 11.8 Å². The highest BCUT2D eigenvalue weighted by Gasteiger charge is 2.23. The Balaban J connectivity index is 2.01. The van der Waals surface area contributed by atoms with Gasteiger partial charge >= 0.3 is 0 Å². The third kappa shape index (κ3) is 4.34. The second-order valence-electron chi connectivity index (χ2n) is 8.43. The zero-order valence-electron chi connectivity index (χ0n) is 16.9. The summed E-state index contributed by atoms with van der Waals surface area (Å²) in [6.45, 7) is 10.6. The first kappa shape index (κ1) is 19.1. The number of hydrogen-bond acceptors (Lipinski definition) is 2. The fraction of sp³-hybridized carbons (Fsp3) is 0.583. The Bertz CT molecular complexity index is 668. The van der Waals surface area contributed by atoms with Crippen LogP contribution in [0.1, 0.15) is 64.5 Å². The summed E-state index contributed by atoms with van der Waals surface area (Å²) in [5, 5.41) is 2.44. The van der Waals surface area contributed by atoms with Crippen molar-refractivity contribution in [1.29, 1.82) is 0 Å². The van der Waals surface area contributed by atoms with Crippen LogP contribution in [0.15, 0.2) is 24.3 Å². The lowest BCUT2D eigenvalue weighted by atomic mass is 9.87. The van der Waals surface area contributed by atoms with Gasteiger partial charge in [0.15, 0.2) is 0 Å². The molecule has 0 fully saturated rings. The van der Waals surface area contributed by atoms with Crippen molar-refractivity contribution in [3.8, 4) is 11.5 Å². The Labute approximate surface area is 158 Å². The number of fused-ring (bicyclic) bond motifs is 2. The maximum atomic E-state index is 6.37. The molecule has 1 aliphatic carbocycles. The van der Waals surface area contributed by atoms with Gasteiger partial charge < -0.3 is 9.47 Å². The molecule has 0 aromatic heterocycles. The molecular formula is C24H34O2. The number of rotatable bonds is 8. The van der Waals surface area contributed by atoms with Gasteiger partial charge in [0.05, 0.1) is 13.2 Å². The summed E-state index contributed by atoms with van der Waals surface area (Å²) in [4.78, 5) is 0. The van der Waals surface area contributed by atoms with Crippen LogP contribution in [0.2, 0.25) is 0 Å². The molecule has 0 amide bonds. The summed E-state index contributed by atoms with van der Waals surface area (Å²) in [6, 6.07) is 8.63. The summed E-state index contributed by atoms with van der Waals surface area (Å²) in [6.07, 6.45) is 6.90. The first-order chi connectivity index (χ1) is 12.6. The molecule has 2 nitrogen and oxygen atoms in total. The van der Waals surface area contributed by atoms with Crippen LogP contribution in [-0.2, 0) is 12.8 Å². The Morgan fingerprint density at radius 3 is 1.54 bits per heavy atom. The first-order valence-corrected chi connectivity index (χ1v) is 10.4. The third-order valence-corrected chi connectivity index (χ3v) is 5.32. The van der Waals surface area contributed by atoms with Crippen LogP contribution in [0.4, 0.5) is 0 Å². The van der Waals surface area contributed by atoms with Crippen LogP contribution in [0.3, 0.4) is 0 Å². The molecule has 2 aromatic rings. The SMILES string of the molecule is CC(C)CCOc1c2c(c(OCCC(C)C)c3ccccc13)CCCC2. The molecule has 0 atom stereocenters. The average molecular weight is 355 g/mol. The van der Waals surface area contributed by atoms with Gasteiger partial charge in [0.25, 0.3) is 0 Å². The molecule has 0 heterocycles. The van der Waals surface area contributed by atoms with Crippen molar-refractivity contribution in [2.75, 3.05) is 13.2 Å². The largest absolute Gasteiger partial charge is 0.493 e. The van der Waals surface area contributed by atoms with E-state index in [4.69, 9.17) is 9.47 Å². The van der Waals surface area contributed by atoms with E-state index in [-0.39, 0.29) is 0 Å². The Morgan fingerprint density at radius 2 is 1.15 bits per heavy atom. The smallest absolute Gasteiger partial charge is 0.130 e. The zero-order chi connectivity index (χ0) is 18.5. The molecule has 0 saturated heterocycles. The molecule has 3 rings (SSSR count). The molecule has 0 unspecified atom stereocenters. The first-order valence-electron chi connectivity index (χ1n) is 10.4. The maximum Gasteiger partial charge on any atom is 0.130 e. The predicted octanol–water partition coefficient (Wildman–Crippen LogP) is 6.57. The van der Waals surface area contributed by atoms with E-state index in [0.29, 0.717) is 11.8 Å². The normalized spacial score (nSPS) is 14.1. The summed E-state index contributed by atoms with van der Waals surface area (Å²) in [7, 11) is 0. The van der Waals surface area contributed by atoms with Gasteiger partial charge in [0, 0.05) is 21.9 Å². The van der Waals surface area contributed by atoms with Gasteiger partial charge in [0.2, 0.25) is 0 Å². The van der Waals surface area contributed by atoms with E-state index >= 15 is 0 Å². The zero-order valence-corrected chi connectivity index (χ0v) is 16.9. The summed E-state index contributed by atoms with van der Waals surface area (Å²) < 4.78 is 12.7. The van der Waals surface area contributed by atoms with Crippen LogP contribution >= 0.6 is 0 Å². The number of hydrogen-bond donors (Lipinski definition) is 0. The summed E-state index contributed by atoms with van der Waals surface area (Å²) in [5.74, 6) is 3.56. The number of ether oxygens (including phenoxy) is 2. The lowest BCUT2D eigenvalue weighted by Gasteiger charge is -2.26. The fourth-order valence-corrected chi connectivity index (χ4v) is 3.73. The molecule has 0 aliphatic heterocycles. The van der Waals surface area contributed by atoms with Crippen molar-refractivity contribution < 1.29 is 9.47 Å². The molecule has 0 N–H and O–H groups in total. The van der Waals surface area contributed by atoms with Crippen LogP contribution < -0.4 is 9.47 Å². The van der Waals surface area contributed by atoms with Gasteiger partial charge in [-0.1, -0.05) is 52.0 Å². The molecule has 2 aromatic carbocycles. The topological polar surface area (TPSA) is 18.5 Å². The van der Waals surface area contributed by atoms with Gasteiger partial charge in [-0.2, -0.15) is 0 Å². The van der Waals surface area contributed by atoms with Crippen molar-refractivity contribution in [3.05, 3.63) is 35.4 Å². The minimum Gasteiger partial charge on any atom is -0.493 e. The molecule has 1 aliphatic rings. The quantitative estimate of drug-likeness (QED) is 0.534. The second-order valence-corrected chi connectivity index (χ2v) is 8.43. The van der Waals surface area contributed by atoms with Crippen molar-refractivity contribution in [3.63, 3.8) is 0 Å². The van der Waals surface area contributed by atoms with Gasteiger partial charge in [-0.15, -0.1) is 0 Å². The van der Waals surface area contributed by atoms with Crippen LogP contribution in [-0.4, -0.2) is 13.2 Å². The van der Waals surface area contributed by atoms with E-state index < -0.39 is 0 Å². The minimum atomic E-state index is 0.663. The van der Waals surface area contributed by atoms with Crippen LogP contribution in [0.25, 0.3) is 10.8 Å². The molecule has 0 saturated carbocycles. The Kier molecular flexibility index (Phi) is 6.45. The molecule has 0 bridgehead atoms. The Morgan fingerprint density at radius 1 is 0.731 bits per heavy atom. The lowest BCUT2D eigenvalue weighted by Crippen LogP contribution is -2.12. The molecule has 26 heavy (non-hydrogen) atoms. The summed E-state index contributed by atoms with van der Waals surface area (Å²) in [5.41, 5.74) is 2.80. The highest BCUT2D eigenvalue weighted by atomic mass is 16.5. The minimum absolute atomic E-state index is 0.663. The van der Waals surface area contributed by atoms with E-state index in [2.05, 4.69) is 52.0 Å². The van der Waals surface area contributed by atoms with Crippen molar-refractivity contribution in [2.45, 2.75) is 66.2 Å². The standard InChI is InChI=1S/C24H34O2/c1-17(2)13-15-25-23-19-9-5-7-11-21(19)24(26-16-14-18(3)4)22-12-8-6-10-20(22)23/h5,7,9,11,17-18H,6,8,10,12-16H2,1-4H3. The highest BCUT2D eigenvalue weighted by Crippen LogP contribution is 2.44. The van der Waals surface area contributed by atoms with Gasteiger partial charge in [-0.05, 0) is 50.4 Å². The predicted molar refractivity (Wildman–Crippen MR) is 110 cm³/mol. The van der Waals surface area contributed by atoms with Crippen molar-refractivity contribution in [1.82, 2.24) is 0 Å². The van der Waals surface area contributed by atoms with Crippen molar-refractivity contribution >= 4 is 10.8 Å². The van der Waals surface area contributed by atoms with Gasteiger partial charge in [-0.3, -0.25) is 0 Å². The van der Waals surface area contributed by atoms with E-state index in [9.17, 15) is 0 Å². The number of benzene rings is 2. The molecular weight excluding hydrogens is 320 g/mol. The summed E-state index contributed by atoms with van der Waals surface area (Å²) >= 11 is 0.